The quantitative estimate of drug-likeness (QED) is 0.809. The Kier molecular flexibility index (Phi) is 5.03. The van der Waals surface area contributed by atoms with Gasteiger partial charge in [0.15, 0.2) is 11.6 Å². The minimum absolute atomic E-state index is 0.249. The standard InChI is InChI=1S/C18H31NO7/c1-16(2,3)26-15(20)19-8-10-13-14(25-18(6,7)24-13)12(22-10)11-9-21-17(4,5)23-11/h10-14H,8-9H2,1-7H3,(H,19,20)/t10-,11-,12-,13-,14+/m1/s1. The molecule has 8 nitrogen and oxygen atoms in total. The van der Waals surface area contributed by atoms with Crippen LogP contribution >= 0.6 is 0 Å². The van der Waals surface area contributed by atoms with Crippen molar-refractivity contribution >= 4 is 6.09 Å². The Morgan fingerprint density at radius 2 is 1.69 bits per heavy atom. The minimum atomic E-state index is -0.712. The first-order valence-corrected chi connectivity index (χ1v) is 9.15. The molecule has 3 aliphatic heterocycles. The van der Waals surface area contributed by atoms with Crippen LogP contribution in [-0.4, -0.2) is 66.9 Å². The summed E-state index contributed by atoms with van der Waals surface area (Å²) in [4.78, 5) is 12.0. The molecule has 3 fully saturated rings. The van der Waals surface area contributed by atoms with Crippen molar-refractivity contribution < 1.29 is 33.2 Å². The van der Waals surface area contributed by atoms with Gasteiger partial charge >= 0.3 is 6.09 Å². The normalized spacial score (nSPS) is 38.2. The third-order valence-electron chi connectivity index (χ3n) is 4.43. The summed E-state index contributed by atoms with van der Waals surface area (Å²) in [6.07, 6.45) is -1.99. The topological polar surface area (TPSA) is 84.5 Å². The van der Waals surface area contributed by atoms with E-state index in [9.17, 15) is 4.79 Å². The number of rotatable bonds is 3. The predicted molar refractivity (Wildman–Crippen MR) is 91.6 cm³/mol. The van der Waals surface area contributed by atoms with Crippen molar-refractivity contribution in [2.24, 2.45) is 0 Å². The number of fused-ring (bicyclic) bond motifs is 1. The largest absolute Gasteiger partial charge is 0.444 e. The number of carbonyl (C=O) groups excluding carboxylic acids is 1. The summed E-state index contributed by atoms with van der Waals surface area (Å²) in [6, 6.07) is 0. The van der Waals surface area contributed by atoms with Crippen LogP contribution in [0.25, 0.3) is 0 Å². The van der Waals surface area contributed by atoms with E-state index in [2.05, 4.69) is 5.32 Å². The fraction of sp³-hybridized carbons (Fsp3) is 0.944. The van der Waals surface area contributed by atoms with E-state index in [0.717, 1.165) is 0 Å². The fourth-order valence-corrected chi connectivity index (χ4v) is 3.55. The van der Waals surface area contributed by atoms with Gasteiger partial charge in [0.1, 0.15) is 36.1 Å². The molecule has 0 aromatic carbocycles. The molecule has 26 heavy (non-hydrogen) atoms. The maximum absolute atomic E-state index is 12.0. The number of ether oxygens (including phenoxy) is 6. The second-order valence-corrected chi connectivity index (χ2v) is 8.95. The molecule has 0 aromatic heterocycles. The van der Waals surface area contributed by atoms with Gasteiger partial charge in [-0.2, -0.15) is 0 Å². The summed E-state index contributed by atoms with van der Waals surface area (Å²) >= 11 is 0. The smallest absolute Gasteiger partial charge is 0.407 e. The van der Waals surface area contributed by atoms with Crippen LogP contribution in [0.5, 0.6) is 0 Å². The minimum Gasteiger partial charge on any atom is -0.444 e. The van der Waals surface area contributed by atoms with Crippen LogP contribution in [0.4, 0.5) is 4.79 Å². The average molecular weight is 373 g/mol. The monoisotopic (exact) mass is 373 g/mol. The van der Waals surface area contributed by atoms with E-state index >= 15 is 0 Å². The van der Waals surface area contributed by atoms with Crippen molar-refractivity contribution in [2.75, 3.05) is 13.2 Å². The zero-order valence-electron chi connectivity index (χ0n) is 16.7. The summed E-state index contributed by atoms with van der Waals surface area (Å²) in [6.45, 7) is 13.6. The van der Waals surface area contributed by atoms with Crippen molar-refractivity contribution in [1.82, 2.24) is 5.32 Å². The molecule has 0 bridgehead atoms. The summed E-state index contributed by atoms with van der Waals surface area (Å²) in [5.41, 5.74) is -0.554. The Morgan fingerprint density at radius 3 is 2.27 bits per heavy atom. The van der Waals surface area contributed by atoms with E-state index in [1.165, 1.54) is 0 Å². The average Bonchev–Trinajstić information content (AvgIpc) is 3.05. The molecule has 150 valence electrons. The molecule has 1 amide bonds. The Hall–Kier alpha value is -0.930. The number of hydrogen-bond donors (Lipinski definition) is 1. The van der Waals surface area contributed by atoms with Crippen molar-refractivity contribution in [3.63, 3.8) is 0 Å². The number of carbonyl (C=O) groups is 1. The molecule has 3 heterocycles. The lowest BCUT2D eigenvalue weighted by atomic mass is 10.0. The Balaban J connectivity index is 1.64. The first-order valence-electron chi connectivity index (χ1n) is 9.15. The predicted octanol–water partition coefficient (Wildman–Crippen LogP) is 1.95. The van der Waals surface area contributed by atoms with Crippen LogP contribution < -0.4 is 5.32 Å². The maximum atomic E-state index is 12.0. The van der Waals surface area contributed by atoms with Crippen LogP contribution in [0.1, 0.15) is 48.5 Å². The van der Waals surface area contributed by atoms with E-state index in [-0.39, 0.29) is 37.1 Å². The Morgan fingerprint density at radius 1 is 1.04 bits per heavy atom. The van der Waals surface area contributed by atoms with Crippen LogP contribution in [0.3, 0.4) is 0 Å². The van der Waals surface area contributed by atoms with Crippen molar-refractivity contribution in [3.05, 3.63) is 0 Å². The Labute approximate surface area is 154 Å². The van der Waals surface area contributed by atoms with Gasteiger partial charge in [0.05, 0.1) is 6.61 Å². The van der Waals surface area contributed by atoms with Crippen molar-refractivity contribution in [1.29, 1.82) is 0 Å². The lowest BCUT2D eigenvalue weighted by molar-refractivity contribution is -0.205. The van der Waals surface area contributed by atoms with Gasteiger partial charge in [-0.15, -0.1) is 0 Å². The number of amides is 1. The Bertz CT molecular complexity index is 542. The first kappa shape index (κ1) is 19.8. The highest BCUT2D eigenvalue weighted by molar-refractivity contribution is 5.67. The highest BCUT2D eigenvalue weighted by atomic mass is 16.8. The van der Waals surface area contributed by atoms with Gasteiger partial charge in [-0.1, -0.05) is 0 Å². The molecule has 8 heteroatoms. The van der Waals surface area contributed by atoms with Crippen molar-refractivity contribution in [3.8, 4) is 0 Å². The fourth-order valence-electron chi connectivity index (χ4n) is 3.55. The third kappa shape index (κ3) is 4.48. The lowest BCUT2D eigenvalue weighted by Crippen LogP contribution is -2.41. The molecule has 1 N–H and O–H groups in total. The maximum Gasteiger partial charge on any atom is 0.407 e. The van der Waals surface area contributed by atoms with E-state index in [1.807, 2.05) is 48.5 Å². The third-order valence-corrected chi connectivity index (χ3v) is 4.43. The summed E-state index contributed by atoms with van der Waals surface area (Å²) in [5, 5.41) is 2.75. The molecule has 0 aromatic rings. The van der Waals surface area contributed by atoms with E-state index in [0.29, 0.717) is 6.61 Å². The molecule has 0 aliphatic carbocycles. The molecule has 0 radical (unpaired) electrons. The van der Waals surface area contributed by atoms with E-state index < -0.39 is 23.3 Å². The molecule has 5 atom stereocenters. The molecule has 0 unspecified atom stereocenters. The highest BCUT2D eigenvalue weighted by Gasteiger charge is 2.58. The summed E-state index contributed by atoms with van der Waals surface area (Å²) in [7, 11) is 0. The lowest BCUT2D eigenvalue weighted by Gasteiger charge is -2.27. The molecule has 0 spiro atoms. The van der Waals surface area contributed by atoms with Crippen molar-refractivity contribution in [2.45, 2.75) is 96.2 Å². The number of alkyl carbamates (subject to hydrolysis) is 1. The van der Waals surface area contributed by atoms with Gasteiger partial charge in [-0.05, 0) is 48.5 Å². The van der Waals surface area contributed by atoms with E-state index in [4.69, 9.17) is 28.4 Å². The molecule has 3 saturated heterocycles. The molecular formula is C18H31NO7. The number of nitrogens with one attached hydrogen (secondary N) is 1. The zero-order valence-corrected chi connectivity index (χ0v) is 16.7. The van der Waals surface area contributed by atoms with Gasteiger partial charge < -0.3 is 33.7 Å². The molecule has 3 aliphatic rings. The summed E-state index contributed by atoms with van der Waals surface area (Å²) in [5.74, 6) is -1.36. The van der Waals surface area contributed by atoms with Gasteiger partial charge in [0, 0.05) is 6.54 Å². The first-order chi connectivity index (χ1) is 11.9. The van der Waals surface area contributed by atoms with Gasteiger partial charge in [-0.3, -0.25) is 0 Å². The summed E-state index contributed by atoms with van der Waals surface area (Å²) < 4.78 is 35.1. The van der Waals surface area contributed by atoms with Crippen LogP contribution in [0.15, 0.2) is 0 Å². The van der Waals surface area contributed by atoms with Gasteiger partial charge in [-0.25, -0.2) is 4.79 Å². The highest BCUT2D eigenvalue weighted by Crippen LogP contribution is 2.42. The van der Waals surface area contributed by atoms with Crippen LogP contribution in [-0.2, 0) is 28.4 Å². The SMILES string of the molecule is CC(C)(C)OC(=O)NC[C@H]1O[C@H]([C@H]2COC(C)(C)O2)[C@@H]2OC(C)(C)O[C@@H]21. The van der Waals surface area contributed by atoms with Crippen LogP contribution in [0, 0.1) is 0 Å². The second kappa shape index (κ2) is 6.60. The molecule has 0 saturated carbocycles. The second-order valence-electron chi connectivity index (χ2n) is 8.95. The van der Waals surface area contributed by atoms with Crippen LogP contribution in [0.2, 0.25) is 0 Å². The van der Waals surface area contributed by atoms with Gasteiger partial charge in [0.2, 0.25) is 0 Å². The van der Waals surface area contributed by atoms with Gasteiger partial charge in [0.25, 0.3) is 0 Å². The zero-order chi connectivity index (χ0) is 19.3. The molecular weight excluding hydrogens is 342 g/mol. The molecule has 3 rings (SSSR count). The number of hydrogen-bond acceptors (Lipinski definition) is 7. The van der Waals surface area contributed by atoms with E-state index in [1.54, 1.807) is 0 Å².